The topological polar surface area (TPSA) is 205 Å². The van der Waals surface area contributed by atoms with E-state index in [1.165, 1.54) is 6.07 Å². The van der Waals surface area contributed by atoms with Crippen LogP contribution in [-0.2, 0) is 0 Å². The Bertz CT molecular complexity index is 2340. The number of nitrogens with one attached hydrogen (secondary N) is 3. The molecule has 3 heterocycles. The number of nitrogens with zero attached hydrogens (tertiary/aromatic N) is 1. The van der Waals surface area contributed by atoms with Gasteiger partial charge in [-0.25, -0.2) is 8.78 Å². The maximum atomic E-state index is 12.3. The second-order valence-corrected chi connectivity index (χ2v) is 11.5. The molecule has 9 N–H and O–H groups in total. The minimum Gasteiger partial charge on any atom is -0.456 e. The first kappa shape index (κ1) is 37.8. The van der Waals surface area contributed by atoms with E-state index >= 15 is 0 Å². The Morgan fingerprint density at radius 2 is 1.04 bits per heavy atom. The first-order valence-electron chi connectivity index (χ1n) is 16.2. The number of para-hydroxylation sites is 1. The van der Waals surface area contributed by atoms with E-state index in [2.05, 4.69) is 20.9 Å². The van der Waals surface area contributed by atoms with Crippen molar-refractivity contribution in [2.24, 2.45) is 0 Å². The van der Waals surface area contributed by atoms with E-state index in [-0.39, 0.29) is 17.6 Å². The van der Waals surface area contributed by atoms with Crippen LogP contribution in [0.5, 0.6) is 0 Å². The van der Waals surface area contributed by atoms with Gasteiger partial charge in [-0.2, -0.15) is 0 Å². The van der Waals surface area contributed by atoms with E-state index in [0.717, 1.165) is 17.0 Å². The highest BCUT2D eigenvalue weighted by molar-refractivity contribution is 6.12. The van der Waals surface area contributed by atoms with Crippen LogP contribution in [0.15, 0.2) is 142 Å². The number of aromatic nitrogens is 1. The van der Waals surface area contributed by atoms with Crippen molar-refractivity contribution in [3.63, 3.8) is 0 Å². The van der Waals surface area contributed by atoms with Crippen LogP contribution in [0.1, 0.15) is 49.4 Å². The Morgan fingerprint density at radius 1 is 0.574 bits per heavy atom. The summed E-state index contributed by atoms with van der Waals surface area (Å²) in [7, 11) is 0. The highest BCUT2D eigenvalue weighted by atomic mass is 19.3. The minimum atomic E-state index is -2.73. The van der Waals surface area contributed by atoms with Gasteiger partial charge >= 0.3 is 0 Å². The predicted octanol–water partition coefficient (Wildman–Crippen LogP) is 8.54. The van der Waals surface area contributed by atoms with Gasteiger partial charge in [0, 0.05) is 45.7 Å². The van der Waals surface area contributed by atoms with Crippen LogP contribution in [0, 0.1) is 6.92 Å². The van der Waals surface area contributed by atoms with Gasteiger partial charge in [-0.3, -0.25) is 19.4 Å². The number of nitrogen functional groups attached to an aromatic ring is 3. The number of anilines is 6. The van der Waals surface area contributed by atoms with Gasteiger partial charge in [0.1, 0.15) is 5.76 Å². The van der Waals surface area contributed by atoms with Crippen molar-refractivity contribution >= 4 is 62.7 Å². The molecule has 0 unspecified atom stereocenters. The number of benzene rings is 4. The molecule has 54 heavy (non-hydrogen) atoms. The fraction of sp³-hybridized carbons (Fsp3) is 0.0500. The summed E-state index contributed by atoms with van der Waals surface area (Å²) in [5, 5.41) is 8.91. The molecule has 0 aliphatic rings. The lowest BCUT2D eigenvalue weighted by Crippen LogP contribution is -2.12. The molecular weight excluding hydrogens is 696 g/mol. The summed E-state index contributed by atoms with van der Waals surface area (Å²) in [6.07, 6.45) is -1.09. The van der Waals surface area contributed by atoms with E-state index in [1.54, 1.807) is 104 Å². The van der Waals surface area contributed by atoms with E-state index in [9.17, 15) is 23.2 Å². The average Bonchev–Trinajstić information content (AvgIpc) is 3.85. The number of hydrogen-bond acceptors (Lipinski definition) is 9. The third kappa shape index (κ3) is 10.5. The molecule has 14 heteroatoms. The molecule has 274 valence electrons. The molecule has 0 aliphatic heterocycles. The number of pyridine rings is 1. The van der Waals surface area contributed by atoms with E-state index in [1.807, 2.05) is 24.3 Å². The lowest BCUT2D eigenvalue weighted by atomic mass is 10.1. The molecule has 7 aromatic rings. The highest BCUT2D eigenvalue weighted by Crippen LogP contribution is 2.22. The molecule has 0 saturated heterocycles. The molecule has 12 nitrogen and oxygen atoms in total. The van der Waals surface area contributed by atoms with Gasteiger partial charge in [-0.15, -0.1) is 0 Å². The fourth-order valence-electron chi connectivity index (χ4n) is 4.73. The van der Waals surface area contributed by atoms with Crippen molar-refractivity contribution < 1.29 is 32.0 Å². The van der Waals surface area contributed by atoms with Crippen molar-refractivity contribution in [3.05, 3.63) is 162 Å². The normalized spacial score (nSPS) is 10.4. The zero-order chi connectivity index (χ0) is 38.6. The van der Waals surface area contributed by atoms with Gasteiger partial charge in [0.25, 0.3) is 24.1 Å². The minimum absolute atomic E-state index is 0.159. The zero-order valence-corrected chi connectivity index (χ0v) is 28.8. The van der Waals surface area contributed by atoms with Crippen LogP contribution in [0.2, 0.25) is 0 Å². The fourth-order valence-corrected chi connectivity index (χ4v) is 4.73. The maximum Gasteiger partial charge on any atom is 0.295 e. The summed E-state index contributed by atoms with van der Waals surface area (Å²) in [6, 6.07) is 35.4. The van der Waals surface area contributed by atoms with Crippen LogP contribution < -0.4 is 33.2 Å². The van der Waals surface area contributed by atoms with Crippen molar-refractivity contribution in [2.45, 2.75) is 13.3 Å². The van der Waals surface area contributed by atoms with Gasteiger partial charge in [-0.05, 0) is 116 Å². The Labute approximate surface area is 308 Å². The van der Waals surface area contributed by atoms with Gasteiger partial charge in [0.05, 0.1) is 11.1 Å². The summed E-state index contributed by atoms with van der Waals surface area (Å²) in [4.78, 5) is 39.9. The second-order valence-electron chi connectivity index (χ2n) is 11.5. The van der Waals surface area contributed by atoms with Crippen molar-refractivity contribution in [1.82, 2.24) is 4.98 Å². The predicted molar refractivity (Wildman–Crippen MR) is 205 cm³/mol. The summed E-state index contributed by atoms with van der Waals surface area (Å²) < 4.78 is 34.5. The highest BCUT2D eigenvalue weighted by Gasteiger charge is 2.17. The quantitative estimate of drug-likeness (QED) is 0.0868. The van der Waals surface area contributed by atoms with Crippen LogP contribution >= 0.6 is 0 Å². The molecule has 0 radical (unpaired) electrons. The summed E-state index contributed by atoms with van der Waals surface area (Å²) >= 11 is 0. The van der Waals surface area contributed by atoms with Crippen LogP contribution in [-0.4, -0.2) is 22.7 Å². The molecule has 0 fully saturated rings. The zero-order valence-electron chi connectivity index (χ0n) is 28.8. The molecule has 0 aliphatic carbocycles. The summed E-state index contributed by atoms with van der Waals surface area (Å²) in [5.41, 5.74) is 21.9. The molecule has 0 spiro atoms. The Morgan fingerprint density at radius 3 is 1.50 bits per heavy atom. The standard InChI is InChI=1S/C16H13N3O.C12H10F2N2O2.C12H12N2O2/c17-11-5-7-12(8-6-11)19-16(20)14-9-10-18-15-4-2-1-3-13(14)15;13-11(14)9-5-6-10(18-9)12(17)16-8-3-1-7(15)2-4-8;1-8-2-7-11(16-8)12(15)14-10-5-3-9(13)4-6-10/h1-10H,17H2,(H,19,20);1-6,11H,15H2,(H,16,17);2-7H,13H2,1H3,(H,14,15). The van der Waals surface area contributed by atoms with Gasteiger partial charge in [0.15, 0.2) is 17.3 Å². The molecule has 3 amide bonds. The molecule has 0 saturated carbocycles. The third-order valence-electron chi connectivity index (χ3n) is 7.43. The van der Waals surface area contributed by atoms with Gasteiger partial charge in [-0.1, -0.05) is 18.2 Å². The Balaban J connectivity index is 0.000000157. The van der Waals surface area contributed by atoms with Crippen LogP contribution in [0.4, 0.5) is 42.9 Å². The SMILES string of the molecule is Cc1ccc(C(=O)Nc2ccc(N)cc2)o1.Nc1ccc(NC(=O)c2ccc(C(F)F)o2)cc1.Nc1ccc(NC(=O)c2ccnc3ccccc23)cc1. The molecule has 7 rings (SSSR count). The number of alkyl halides is 2. The number of carbonyl (C=O) groups is 3. The smallest absolute Gasteiger partial charge is 0.295 e. The number of hydrogen-bond donors (Lipinski definition) is 6. The van der Waals surface area contributed by atoms with Crippen molar-refractivity contribution in [1.29, 1.82) is 0 Å². The van der Waals surface area contributed by atoms with E-state index < -0.39 is 18.1 Å². The largest absolute Gasteiger partial charge is 0.456 e. The summed E-state index contributed by atoms with van der Waals surface area (Å²) in [6.45, 7) is 1.79. The number of fused-ring (bicyclic) bond motifs is 1. The number of halogens is 2. The average molecular weight is 732 g/mol. The monoisotopic (exact) mass is 731 g/mol. The number of carbonyl (C=O) groups excluding carboxylic acids is 3. The van der Waals surface area contributed by atoms with Crippen LogP contribution in [0.25, 0.3) is 10.9 Å². The first-order chi connectivity index (χ1) is 25.9. The molecule has 0 atom stereocenters. The molecule has 0 bridgehead atoms. The van der Waals surface area contributed by atoms with Gasteiger partial charge in [0.2, 0.25) is 0 Å². The van der Waals surface area contributed by atoms with E-state index in [4.69, 9.17) is 26.0 Å². The number of rotatable bonds is 7. The second kappa shape index (κ2) is 17.6. The molecule has 4 aromatic carbocycles. The third-order valence-corrected chi connectivity index (χ3v) is 7.43. The van der Waals surface area contributed by atoms with Crippen LogP contribution in [0.3, 0.4) is 0 Å². The Kier molecular flexibility index (Phi) is 12.3. The van der Waals surface area contributed by atoms with Gasteiger partial charge < -0.3 is 42.0 Å². The Hall–Kier alpha value is -7.48. The maximum absolute atomic E-state index is 12.3. The number of amides is 3. The summed E-state index contributed by atoms with van der Waals surface area (Å²) in [5.74, 6) is -0.700. The lowest BCUT2D eigenvalue weighted by Gasteiger charge is -2.07. The van der Waals surface area contributed by atoms with E-state index in [0.29, 0.717) is 51.2 Å². The number of aryl methyl sites for hydroxylation is 1. The first-order valence-corrected chi connectivity index (χ1v) is 16.2. The lowest BCUT2D eigenvalue weighted by molar-refractivity contribution is 0.0961. The molecular formula is C40H35F2N7O5. The van der Waals surface area contributed by atoms with Crippen molar-refractivity contribution in [2.75, 3.05) is 33.2 Å². The number of nitrogens with two attached hydrogens (primary N) is 3. The van der Waals surface area contributed by atoms with Crippen molar-refractivity contribution in [3.8, 4) is 0 Å². The number of furan rings is 2. The molecule has 3 aromatic heterocycles.